The lowest BCUT2D eigenvalue weighted by Gasteiger charge is -2.14. The van der Waals surface area contributed by atoms with Gasteiger partial charge in [-0.2, -0.15) is 10.2 Å². The third kappa shape index (κ3) is 2.22. The Morgan fingerprint density at radius 3 is 2.41 bits per heavy atom. The maximum Gasteiger partial charge on any atom is 0.225 e. The first-order valence-electron chi connectivity index (χ1n) is 5.39. The fraction of sp³-hybridized carbons (Fsp3) is 0.333. The molecule has 0 aliphatic carbocycles. The highest BCUT2D eigenvalue weighted by Gasteiger charge is 2.11. The lowest BCUT2D eigenvalue weighted by atomic mass is 10.1. The summed E-state index contributed by atoms with van der Waals surface area (Å²) in [4.78, 5) is 10.9. The summed E-state index contributed by atoms with van der Waals surface area (Å²) in [6.07, 6.45) is 3.38. The van der Waals surface area contributed by atoms with Gasteiger partial charge in [0.25, 0.3) is 0 Å². The second-order valence-corrected chi connectivity index (χ2v) is 4.11. The molecule has 2 aromatic rings. The van der Waals surface area contributed by atoms with Crippen LogP contribution in [-0.4, -0.2) is 34.3 Å². The number of hydrogen-bond acceptors (Lipinski definition) is 5. The predicted molar refractivity (Wildman–Crippen MR) is 66.9 cm³/mol. The molecule has 0 N–H and O–H groups in total. The summed E-state index contributed by atoms with van der Waals surface area (Å²) in [5, 5.41) is 7.66. The molecule has 17 heavy (non-hydrogen) atoms. The summed E-state index contributed by atoms with van der Waals surface area (Å²) in [5.74, 6) is 0.708. The topological polar surface area (TPSA) is 54.8 Å². The molecule has 0 saturated carbocycles. The maximum atomic E-state index is 4.55. The molecule has 0 spiro atoms. The van der Waals surface area contributed by atoms with Crippen molar-refractivity contribution in [1.29, 1.82) is 0 Å². The molecular formula is C12H15N5. The Morgan fingerprint density at radius 1 is 1.06 bits per heavy atom. The minimum atomic E-state index is 0.708. The van der Waals surface area contributed by atoms with Crippen molar-refractivity contribution < 1.29 is 0 Å². The van der Waals surface area contributed by atoms with Crippen LogP contribution in [0.4, 0.5) is 5.95 Å². The van der Waals surface area contributed by atoms with Crippen molar-refractivity contribution in [2.75, 3.05) is 19.0 Å². The van der Waals surface area contributed by atoms with Gasteiger partial charge in [0.05, 0.1) is 18.1 Å². The molecule has 0 aliphatic rings. The van der Waals surface area contributed by atoms with E-state index >= 15 is 0 Å². The van der Waals surface area contributed by atoms with Gasteiger partial charge in [0.2, 0.25) is 5.95 Å². The molecule has 5 nitrogen and oxygen atoms in total. The second kappa shape index (κ2) is 4.45. The van der Waals surface area contributed by atoms with Crippen LogP contribution in [0.3, 0.4) is 0 Å². The van der Waals surface area contributed by atoms with Crippen molar-refractivity contribution in [2.24, 2.45) is 0 Å². The molecule has 0 bridgehead atoms. The molecule has 0 atom stereocenters. The smallest absolute Gasteiger partial charge is 0.225 e. The first-order chi connectivity index (χ1) is 8.09. The van der Waals surface area contributed by atoms with E-state index in [1.54, 1.807) is 12.4 Å². The van der Waals surface area contributed by atoms with Gasteiger partial charge in [-0.25, -0.2) is 9.97 Å². The van der Waals surface area contributed by atoms with Crippen LogP contribution >= 0.6 is 0 Å². The van der Waals surface area contributed by atoms with Gasteiger partial charge in [-0.05, 0) is 25.5 Å². The van der Waals surface area contributed by atoms with Crippen LogP contribution in [0.5, 0.6) is 0 Å². The Kier molecular flexibility index (Phi) is 2.99. The number of hydrogen-bond donors (Lipinski definition) is 0. The predicted octanol–water partition coefficient (Wildman–Crippen LogP) is 1.62. The molecule has 2 aromatic heterocycles. The number of aryl methyl sites for hydroxylation is 1. The lowest BCUT2D eigenvalue weighted by molar-refractivity contribution is 0.962. The summed E-state index contributed by atoms with van der Waals surface area (Å²) < 4.78 is 0. The van der Waals surface area contributed by atoms with E-state index in [9.17, 15) is 0 Å². The van der Waals surface area contributed by atoms with Crippen LogP contribution in [0.25, 0.3) is 11.3 Å². The van der Waals surface area contributed by atoms with Gasteiger partial charge >= 0.3 is 0 Å². The maximum absolute atomic E-state index is 4.55. The molecule has 0 amide bonds. The van der Waals surface area contributed by atoms with E-state index in [2.05, 4.69) is 20.2 Å². The standard InChI is InChI=1S/C12H15N5/c1-8-9(2)15-12(17(3)4)16-11(8)10-5-6-13-14-7-10/h5-7H,1-4H3. The van der Waals surface area contributed by atoms with E-state index in [1.807, 2.05) is 38.9 Å². The van der Waals surface area contributed by atoms with Crippen LogP contribution in [0.15, 0.2) is 18.5 Å². The summed E-state index contributed by atoms with van der Waals surface area (Å²) in [5.41, 5.74) is 3.93. The first kappa shape index (κ1) is 11.4. The number of anilines is 1. The molecule has 0 saturated heterocycles. The molecule has 0 radical (unpaired) electrons. The third-order valence-electron chi connectivity index (χ3n) is 2.64. The van der Waals surface area contributed by atoms with Crippen LogP contribution in [0.2, 0.25) is 0 Å². The fourth-order valence-corrected chi connectivity index (χ4v) is 1.53. The molecule has 0 aliphatic heterocycles. The zero-order valence-corrected chi connectivity index (χ0v) is 10.5. The average Bonchev–Trinajstić information content (AvgIpc) is 2.33. The summed E-state index contributed by atoms with van der Waals surface area (Å²) >= 11 is 0. The SMILES string of the molecule is Cc1nc(N(C)C)nc(-c2ccnnc2)c1C. The Labute approximate surface area is 101 Å². The van der Waals surface area contributed by atoms with E-state index in [0.717, 1.165) is 22.5 Å². The molecule has 2 rings (SSSR count). The van der Waals surface area contributed by atoms with Gasteiger partial charge < -0.3 is 4.90 Å². The van der Waals surface area contributed by atoms with Gasteiger partial charge in [-0.3, -0.25) is 0 Å². The van der Waals surface area contributed by atoms with Crippen molar-refractivity contribution >= 4 is 5.95 Å². The van der Waals surface area contributed by atoms with Gasteiger partial charge in [0.15, 0.2) is 0 Å². The highest BCUT2D eigenvalue weighted by Crippen LogP contribution is 2.23. The minimum Gasteiger partial charge on any atom is -0.347 e. The lowest BCUT2D eigenvalue weighted by Crippen LogP contribution is -2.14. The van der Waals surface area contributed by atoms with Gasteiger partial charge in [-0.1, -0.05) is 0 Å². The summed E-state index contributed by atoms with van der Waals surface area (Å²) in [6.45, 7) is 4.01. The second-order valence-electron chi connectivity index (χ2n) is 4.11. The largest absolute Gasteiger partial charge is 0.347 e. The Hall–Kier alpha value is -2.04. The van der Waals surface area contributed by atoms with Crippen LogP contribution in [0, 0.1) is 13.8 Å². The zero-order valence-electron chi connectivity index (χ0n) is 10.5. The van der Waals surface area contributed by atoms with Crippen molar-refractivity contribution in [1.82, 2.24) is 20.2 Å². The highest BCUT2D eigenvalue weighted by molar-refractivity contribution is 5.63. The van der Waals surface area contributed by atoms with E-state index in [1.165, 1.54) is 0 Å². The Balaban J connectivity index is 2.61. The van der Waals surface area contributed by atoms with Crippen LogP contribution in [0.1, 0.15) is 11.3 Å². The van der Waals surface area contributed by atoms with Crippen molar-refractivity contribution in [2.45, 2.75) is 13.8 Å². The van der Waals surface area contributed by atoms with Gasteiger partial charge in [0.1, 0.15) is 0 Å². The molecule has 0 unspecified atom stereocenters. The van der Waals surface area contributed by atoms with Gasteiger partial charge in [-0.15, -0.1) is 0 Å². The quantitative estimate of drug-likeness (QED) is 0.783. The van der Waals surface area contributed by atoms with E-state index in [-0.39, 0.29) is 0 Å². The molecule has 0 aromatic carbocycles. The van der Waals surface area contributed by atoms with E-state index in [4.69, 9.17) is 0 Å². The Bertz CT molecular complexity index is 522. The number of nitrogens with zero attached hydrogens (tertiary/aromatic N) is 5. The molecule has 5 heteroatoms. The zero-order chi connectivity index (χ0) is 12.4. The first-order valence-corrected chi connectivity index (χ1v) is 5.39. The monoisotopic (exact) mass is 229 g/mol. The third-order valence-corrected chi connectivity index (χ3v) is 2.64. The Morgan fingerprint density at radius 2 is 1.82 bits per heavy atom. The molecule has 0 fully saturated rings. The normalized spacial score (nSPS) is 10.4. The van der Waals surface area contributed by atoms with Crippen LogP contribution < -0.4 is 4.90 Å². The van der Waals surface area contributed by atoms with E-state index < -0.39 is 0 Å². The molecule has 88 valence electrons. The minimum absolute atomic E-state index is 0.708. The summed E-state index contributed by atoms with van der Waals surface area (Å²) in [7, 11) is 3.86. The van der Waals surface area contributed by atoms with Crippen LogP contribution in [-0.2, 0) is 0 Å². The number of aromatic nitrogens is 4. The van der Waals surface area contributed by atoms with E-state index in [0.29, 0.717) is 5.95 Å². The van der Waals surface area contributed by atoms with Gasteiger partial charge in [0, 0.05) is 25.4 Å². The molecule has 2 heterocycles. The average molecular weight is 229 g/mol. The van der Waals surface area contributed by atoms with Crippen molar-refractivity contribution in [3.8, 4) is 11.3 Å². The highest BCUT2D eigenvalue weighted by atomic mass is 15.2. The van der Waals surface area contributed by atoms with Crippen molar-refractivity contribution in [3.05, 3.63) is 29.7 Å². The van der Waals surface area contributed by atoms with Crippen molar-refractivity contribution in [3.63, 3.8) is 0 Å². The fourth-order valence-electron chi connectivity index (χ4n) is 1.53. The summed E-state index contributed by atoms with van der Waals surface area (Å²) in [6, 6.07) is 1.90. The molecular weight excluding hydrogens is 214 g/mol. The number of rotatable bonds is 2.